The van der Waals surface area contributed by atoms with Crippen LogP contribution in [0.2, 0.25) is 0 Å². The monoisotopic (exact) mass is 472 g/mol. The molecule has 0 fully saturated rings. The molecule has 2 amide bonds. The topological polar surface area (TPSA) is 93.1 Å². The van der Waals surface area contributed by atoms with Crippen molar-refractivity contribution in [3.05, 3.63) is 81.8 Å². The molecule has 0 aliphatic heterocycles. The summed E-state index contributed by atoms with van der Waals surface area (Å²) in [5, 5.41) is 5.77. The van der Waals surface area contributed by atoms with Crippen molar-refractivity contribution in [2.24, 2.45) is 5.92 Å². The molecule has 0 saturated carbocycles. The summed E-state index contributed by atoms with van der Waals surface area (Å²) in [4.78, 5) is 43.4. The zero-order chi connectivity index (χ0) is 24.9. The molecule has 2 N–H and O–H groups in total. The van der Waals surface area contributed by atoms with Crippen LogP contribution < -0.4 is 16.2 Å². The molecule has 2 aromatic carbocycles. The first-order valence-corrected chi connectivity index (χ1v) is 12.2. The van der Waals surface area contributed by atoms with Crippen molar-refractivity contribution in [2.45, 2.75) is 59.0 Å². The van der Waals surface area contributed by atoms with Gasteiger partial charge >= 0.3 is 0 Å². The van der Waals surface area contributed by atoms with Crippen LogP contribution in [0.5, 0.6) is 0 Å². The fourth-order valence-corrected chi connectivity index (χ4v) is 4.52. The van der Waals surface area contributed by atoms with E-state index in [1.54, 1.807) is 13.1 Å². The summed E-state index contributed by atoms with van der Waals surface area (Å²) in [7, 11) is 0. The number of amides is 2. The molecule has 3 aromatic rings. The Balaban J connectivity index is 1.67. The zero-order valence-electron chi connectivity index (χ0n) is 20.5. The molecule has 0 spiro atoms. The second-order valence-corrected chi connectivity index (χ2v) is 9.21. The standard InChI is InChI=1S/C28H32N4O3/c1-4-18(2)27(34)31-26-28(35)32(24(16-29-26)21-13-7-5-10-19(21)3)17-25(33)30-23-15-9-12-20-11-6-8-14-22(20)23/h5-8,10-11,13-14,16,18,23H,4,9,12,15,17H2,1-3H3,(H,30,33)(H,29,31,34)/t18-,23-/m1/s1. The molecule has 1 aliphatic carbocycles. The Morgan fingerprint density at radius 1 is 1.14 bits per heavy atom. The highest BCUT2D eigenvalue weighted by molar-refractivity contribution is 5.91. The van der Waals surface area contributed by atoms with E-state index in [1.165, 1.54) is 10.1 Å². The van der Waals surface area contributed by atoms with Crippen LogP contribution in [-0.4, -0.2) is 21.4 Å². The van der Waals surface area contributed by atoms with Gasteiger partial charge in [0.1, 0.15) is 6.54 Å². The van der Waals surface area contributed by atoms with Gasteiger partial charge in [-0.3, -0.25) is 19.0 Å². The maximum Gasteiger partial charge on any atom is 0.294 e. The second kappa shape index (κ2) is 10.7. The Morgan fingerprint density at radius 2 is 1.89 bits per heavy atom. The van der Waals surface area contributed by atoms with Gasteiger partial charge in [-0.15, -0.1) is 0 Å². The predicted molar refractivity (Wildman–Crippen MR) is 137 cm³/mol. The van der Waals surface area contributed by atoms with E-state index in [0.29, 0.717) is 12.1 Å². The lowest BCUT2D eigenvalue weighted by Gasteiger charge is -2.26. The molecule has 0 radical (unpaired) electrons. The van der Waals surface area contributed by atoms with Gasteiger partial charge < -0.3 is 10.6 Å². The summed E-state index contributed by atoms with van der Waals surface area (Å²) in [6.07, 6.45) is 5.06. The van der Waals surface area contributed by atoms with E-state index in [1.807, 2.05) is 50.2 Å². The minimum absolute atomic E-state index is 0.0663. The molecule has 1 aromatic heterocycles. The van der Waals surface area contributed by atoms with Gasteiger partial charge in [0.15, 0.2) is 5.82 Å². The number of aryl methyl sites for hydroxylation is 2. The Bertz CT molecular complexity index is 1300. The first-order valence-electron chi connectivity index (χ1n) is 12.2. The molecule has 0 bridgehead atoms. The van der Waals surface area contributed by atoms with Crippen LogP contribution in [0.25, 0.3) is 11.3 Å². The Kier molecular flexibility index (Phi) is 7.44. The molecular formula is C28H32N4O3. The molecular weight excluding hydrogens is 440 g/mol. The highest BCUT2D eigenvalue weighted by atomic mass is 16.2. The third kappa shape index (κ3) is 5.34. The smallest absolute Gasteiger partial charge is 0.294 e. The molecule has 1 aliphatic rings. The van der Waals surface area contributed by atoms with Gasteiger partial charge in [-0.2, -0.15) is 0 Å². The minimum Gasteiger partial charge on any atom is -0.348 e. The van der Waals surface area contributed by atoms with E-state index >= 15 is 0 Å². The normalized spacial score (nSPS) is 15.7. The van der Waals surface area contributed by atoms with Crippen LogP contribution in [0, 0.1) is 12.8 Å². The van der Waals surface area contributed by atoms with E-state index in [2.05, 4.69) is 27.8 Å². The van der Waals surface area contributed by atoms with Gasteiger partial charge in [-0.25, -0.2) is 4.98 Å². The van der Waals surface area contributed by atoms with Crippen LogP contribution in [0.15, 0.2) is 59.5 Å². The van der Waals surface area contributed by atoms with Crippen molar-refractivity contribution in [1.29, 1.82) is 0 Å². The Morgan fingerprint density at radius 3 is 2.66 bits per heavy atom. The minimum atomic E-state index is -0.499. The summed E-state index contributed by atoms with van der Waals surface area (Å²) >= 11 is 0. The summed E-state index contributed by atoms with van der Waals surface area (Å²) < 4.78 is 1.41. The number of hydrogen-bond acceptors (Lipinski definition) is 4. The molecule has 4 rings (SSSR count). The van der Waals surface area contributed by atoms with E-state index in [0.717, 1.165) is 36.0 Å². The van der Waals surface area contributed by atoms with E-state index in [9.17, 15) is 14.4 Å². The molecule has 7 nitrogen and oxygen atoms in total. The van der Waals surface area contributed by atoms with Gasteiger partial charge in [0.25, 0.3) is 5.56 Å². The predicted octanol–water partition coefficient (Wildman–Crippen LogP) is 4.40. The van der Waals surface area contributed by atoms with Crippen LogP contribution >= 0.6 is 0 Å². The van der Waals surface area contributed by atoms with Crippen molar-refractivity contribution < 1.29 is 9.59 Å². The van der Waals surface area contributed by atoms with Gasteiger partial charge in [0.05, 0.1) is 17.9 Å². The second-order valence-electron chi connectivity index (χ2n) is 9.21. The Labute approximate surface area is 205 Å². The van der Waals surface area contributed by atoms with Crippen molar-refractivity contribution in [1.82, 2.24) is 14.9 Å². The number of nitrogens with zero attached hydrogens (tertiary/aromatic N) is 2. The lowest BCUT2D eigenvalue weighted by atomic mass is 9.88. The van der Waals surface area contributed by atoms with Crippen LogP contribution in [0.4, 0.5) is 5.82 Å². The van der Waals surface area contributed by atoms with Gasteiger partial charge in [-0.1, -0.05) is 62.4 Å². The number of carbonyl (C=O) groups excluding carboxylic acids is 2. The maximum atomic E-state index is 13.5. The average molecular weight is 473 g/mol. The molecule has 0 unspecified atom stereocenters. The molecule has 7 heteroatoms. The van der Waals surface area contributed by atoms with Crippen molar-refractivity contribution in [3.63, 3.8) is 0 Å². The number of nitrogens with one attached hydrogen (secondary N) is 2. The number of benzene rings is 2. The third-order valence-electron chi connectivity index (χ3n) is 6.78. The number of hydrogen-bond donors (Lipinski definition) is 2. The Hall–Kier alpha value is -3.74. The summed E-state index contributed by atoms with van der Waals surface area (Å²) in [5.41, 5.74) is 4.19. The largest absolute Gasteiger partial charge is 0.348 e. The lowest BCUT2D eigenvalue weighted by Crippen LogP contribution is -2.38. The van der Waals surface area contributed by atoms with Gasteiger partial charge in [0.2, 0.25) is 11.8 Å². The number of carbonyl (C=O) groups is 2. The lowest BCUT2D eigenvalue weighted by molar-refractivity contribution is -0.122. The SMILES string of the molecule is CC[C@@H](C)C(=O)Nc1ncc(-c2ccccc2C)n(CC(=O)N[C@@H]2CCCc3ccccc32)c1=O. The van der Waals surface area contributed by atoms with Gasteiger partial charge in [0, 0.05) is 11.5 Å². The first kappa shape index (κ1) is 24.4. The van der Waals surface area contributed by atoms with Gasteiger partial charge in [-0.05, 0) is 49.3 Å². The highest BCUT2D eigenvalue weighted by Crippen LogP contribution is 2.29. The first-order chi connectivity index (χ1) is 16.9. The molecule has 2 atom stereocenters. The average Bonchev–Trinajstić information content (AvgIpc) is 2.86. The van der Waals surface area contributed by atoms with Crippen molar-refractivity contribution >= 4 is 17.6 Å². The third-order valence-corrected chi connectivity index (χ3v) is 6.78. The number of rotatable bonds is 7. The van der Waals surface area contributed by atoms with Crippen molar-refractivity contribution in [3.8, 4) is 11.3 Å². The van der Waals surface area contributed by atoms with Crippen LogP contribution in [-0.2, 0) is 22.6 Å². The van der Waals surface area contributed by atoms with Crippen molar-refractivity contribution in [2.75, 3.05) is 5.32 Å². The molecule has 182 valence electrons. The summed E-state index contributed by atoms with van der Waals surface area (Å²) in [6, 6.07) is 15.7. The number of anilines is 1. The highest BCUT2D eigenvalue weighted by Gasteiger charge is 2.23. The fourth-order valence-electron chi connectivity index (χ4n) is 4.52. The van der Waals surface area contributed by atoms with E-state index in [-0.39, 0.29) is 36.1 Å². The van der Waals surface area contributed by atoms with Crippen LogP contribution in [0.3, 0.4) is 0 Å². The number of aromatic nitrogens is 2. The van der Waals surface area contributed by atoms with Crippen LogP contribution in [0.1, 0.15) is 55.8 Å². The number of fused-ring (bicyclic) bond motifs is 1. The molecule has 35 heavy (non-hydrogen) atoms. The quantitative estimate of drug-likeness (QED) is 0.533. The fraction of sp³-hybridized carbons (Fsp3) is 0.357. The zero-order valence-corrected chi connectivity index (χ0v) is 20.5. The summed E-state index contributed by atoms with van der Waals surface area (Å²) in [5.74, 6) is -0.844. The maximum absolute atomic E-state index is 13.5. The molecule has 1 heterocycles. The summed E-state index contributed by atoms with van der Waals surface area (Å²) in [6.45, 7) is 5.48. The van der Waals surface area contributed by atoms with E-state index in [4.69, 9.17) is 0 Å². The van der Waals surface area contributed by atoms with E-state index < -0.39 is 5.56 Å². The molecule has 0 saturated heterocycles.